The first-order chi connectivity index (χ1) is 16.3. The number of fused-ring (bicyclic) bond motifs is 3. The van der Waals surface area contributed by atoms with E-state index in [4.69, 9.17) is 16.0 Å². The molecule has 0 aliphatic carbocycles. The van der Waals surface area contributed by atoms with Gasteiger partial charge >= 0.3 is 5.63 Å². The lowest BCUT2D eigenvalue weighted by molar-refractivity contribution is 0.446. The van der Waals surface area contributed by atoms with E-state index in [-0.39, 0.29) is 33.5 Å². The van der Waals surface area contributed by atoms with E-state index in [9.17, 15) is 24.2 Å². The zero-order valence-corrected chi connectivity index (χ0v) is 18.9. The number of aromatic hydroxyl groups is 2. The molecule has 170 valence electrons. The number of benzene rings is 3. The van der Waals surface area contributed by atoms with E-state index in [1.165, 1.54) is 34.9 Å². The van der Waals surface area contributed by atoms with Crippen LogP contribution in [-0.4, -0.2) is 14.8 Å². The van der Waals surface area contributed by atoms with Crippen LogP contribution >= 0.6 is 23.4 Å². The minimum Gasteiger partial charge on any atom is -0.508 e. The standard InChI is InChI=1S/C25H15ClFNO5S/c26-14-3-8-17(9-4-14)34-23-21(30)20-22(33-25(23)32)18-11-16(29)7-10-19(18)28(24(20)31)12-13-1-5-15(27)6-2-13/h1-11,29-30H,12H2. The van der Waals surface area contributed by atoms with Gasteiger partial charge in [0.25, 0.3) is 5.56 Å². The van der Waals surface area contributed by atoms with Gasteiger partial charge in [-0.25, -0.2) is 9.18 Å². The van der Waals surface area contributed by atoms with Crippen LogP contribution in [0.5, 0.6) is 11.5 Å². The summed E-state index contributed by atoms with van der Waals surface area (Å²) in [7, 11) is 0. The maximum atomic E-state index is 13.6. The molecule has 6 nitrogen and oxygen atoms in total. The molecule has 5 aromatic rings. The summed E-state index contributed by atoms with van der Waals surface area (Å²) in [5, 5.41) is 21.7. The van der Waals surface area contributed by atoms with E-state index in [0.29, 0.717) is 21.0 Å². The van der Waals surface area contributed by atoms with Gasteiger partial charge in [-0.3, -0.25) is 4.79 Å². The van der Waals surface area contributed by atoms with Crippen LogP contribution in [-0.2, 0) is 6.54 Å². The number of halogens is 2. The lowest BCUT2D eigenvalue weighted by atomic mass is 10.1. The Kier molecular flexibility index (Phi) is 5.55. The third kappa shape index (κ3) is 3.91. The van der Waals surface area contributed by atoms with Crippen LogP contribution in [0.4, 0.5) is 4.39 Å². The molecule has 0 atom stereocenters. The van der Waals surface area contributed by atoms with Gasteiger partial charge in [0, 0.05) is 15.3 Å². The molecule has 2 N–H and O–H groups in total. The number of hydrogen-bond acceptors (Lipinski definition) is 6. The van der Waals surface area contributed by atoms with Crippen molar-refractivity contribution >= 4 is 45.2 Å². The SMILES string of the molecule is O=c1oc2c(c(O)c1Sc1ccc(Cl)cc1)c(=O)n(Cc1ccc(F)cc1)c1ccc(O)cc21. The Morgan fingerprint density at radius 2 is 1.68 bits per heavy atom. The van der Waals surface area contributed by atoms with Crippen molar-refractivity contribution < 1.29 is 19.0 Å². The van der Waals surface area contributed by atoms with Crippen LogP contribution in [0.2, 0.25) is 5.02 Å². The molecule has 3 aromatic carbocycles. The van der Waals surface area contributed by atoms with Crippen molar-refractivity contribution in [3.63, 3.8) is 0 Å². The van der Waals surface area contributed by atoms with Crippen LogP contribution < -0.4 is 11.2 Å². The molecule has 0 fully saturated rings. The largest absolute Gasteiger partial charge is 0.508 e. The molecule has 0 saturated heterocycles. The number of phenols is 1. The Morgan fingerprint density at radius 3 is 2.38 bits per heavy atom. The molecule has 0 aliphatic rings. The molecule has 34 heavy (non-hydrogen) atoms. The van der Waals surface area contributed by atoms with Crippen LogP contribution in [0.15, 0.2) is 90.5 Å². The normalized spacial score (nSPS) is 11.4. The fraction of sp³-hybridized carbons (Fsp3) is 0.0400. The van der Waals surface area contributed by atoms with Gasteiger partial charge < -0.3 is 19.2 Å². The Hall–Kier alpha value is -3.75. The highest BCUT2D eigenvalue weighted by Crippen LogP contribution is 2.38. The highest BCUT2D eigenvalue weighted by molar-refractivity contribution is 7.99. The molecular formula is C25H15ClFNO5S. The topological polar surface area (TPSA) is 92.7 Å². The number of nitrogens with zero attached hydrogens (tertiary/aromatic N) is 1. The van der Waals surface area contributed by atoms with E-state index < -0.39 is 22.8 Å². The molecule has 0 aliphatic heterocycles. The molecule has 0 amide bonds. The van der Waals surface area contributed by atoms with Crippen LogP contribution in [0.3, 0.4) is 0 Å². The van der Waals surface area contributed by atoms with E-state index in [2.05, 4.69) is 0 Å². The number of hydrogen-bond donors (Lipinski definition) is 2. The molecule has 0 unspecified atom stereocenters. The van der Waals surface area contributed by atoms with E-state index in [1.54, 1.807) is 36.4 Å². The van der Waals surface area contributed by atoms with Crippen molar-refractivity contribution in [3.05, 3.63) is 104 Å². The van der Waals surface area contributed by atoms with E-state index in [1.807, 2.05) is 0 Å². The minimum absolute atomic E-state index is 0.0640. The smallest absolute Gasteiger partial charge is 0.354 e. The number of phenolic OH excluding ortho intramolecular Hbond substituents is 1. The number of aromatic nitrogens is 1. The average molecular weight is 496 g/mol. The lowest BCUT2D eigenvalue weighted by Crippen LogP contribution is -2.22. The van der Waals surface area contributed by atoms with Crippen molar-refractivity contribution in [1.29, 1.82) is 0 Å². The molecular weight excluding hydrogens is 481 g/mol. The molecule has 0 bridgehead atoms. The van der Waals surface area contributed by atoms with Gasteiger partial charge in [-0.1, -0.05) is 35.5 Å². The molecule has 9 heteroatoms. The summed E-state index contributed by atoms with van der Waals surface area (Å²) in [4.78, 5) is 26.8. The molecule has 0 saturated carbocycles. The Bertz CT molecular complexity index is 1680. The first kappa shape index (κ1) is 22.1. The minimum atomic E-state index is -0.828. The third-order valence-corrected chi connectivity index (χ3v) is 6.65. The molecule has 0 spiro atoms. The summed E-state index contributed by atoms with van der Waals surface area (Å²) in [5.41, 5.74) is -0.540. The lowest BCUT2D eigenvalue weighted by Gasteiger charge is -2.14. The molecule has 5 rings (SSSR count). The zero-order valence-electron chi connectivity index (χ0n) is 17.3. The second-order valence-corrected chi connectivity index (χ2v) is 9.07. The highest BCUT2D eigenvalue weighted by Gasteiger charge is 2.22. The Labute approximate surface area is 200 Å². The summed E-state index contributed by atoms with van der Waals surface area (Å²) in [6, 6.07) is 16.5. The van der Waals surface area contributed by atoms with E-state index >= 15 is 0 Å². The zero-order chi connectivity index (χ0) is 24.0. The first-order valence-corrected chi connectivity index (χ1v) is 11.2. The van der Waals surface area contributed by atoms with Gasteiger partial charge in [-0.2, -0.15) is 0 Å². The highest BCUT2D eigenvalue weighted by atomic mass is 35.5. The fourth-order valence-corrected chi connectivity index (χ4v) is 4.68. The first-order valence-electron chi connectivity index (χ1n) is 10.0. The number of rotatable bonds is 4. The fourth-order valence-electron chi connectivity index (χ4n) is 3.72. The quantitative estimate of drug-likeness (QED) is 0.319. The molecule has 0 radical (unpaired) electrons. The van der Waals surface area contributed by atoms with Crippen LogP contribution in [0.1, 0.15) is 5.56 Å². The second kappa shape index (κ2) is 8.55. The maximum absolute atomic E-state index is 13.6. The van der Waals surface area contributed by atoms with Gasteiger partial charge in [-0.05, 0) is 60.2 Å². The third-order valence-electron chi connectivity index (χ3n) is 5.32. The van der Waals surface area contributed by atoms with Gasteiger partial charge in [0.05, 0.1) is 12.1 Å². The van der Waals surface area contributed by atoms with Gasteiger partial charge in [0.1, 0.15) is 21.8 Å². The molecule has 2 heterocycles. The van der Waals surface area contributed by atoms with Gasteiger partial charge in [0.2, 0.25) is 0 Å². The van der Waals surface area contributed by atoms with Gasteiger partial charge in [0.15, 0.2) is 11.3 Å². The van der Waals surface area contributed by atoms with E-state index in [0.717, 1.165) is 11.8 Å². The van der Waals surface area contributed by atoms with Crippen LogP contribution in [0, 0.1) is 5.82 Å². The summed E-state index contributed by atoms with van der Waals surface area (Å²) in [6.45, 7) is 0.0640. The van der Waals surface area contributed by atoms with Gasteiger partial charge in [-0.15, -0.1) is 0 Å². The number of pyridine rings is 1. The predicted octanol–water partition coefficient (Wildman–Crippen LogP) is 5.51. The van der Waals surface area contributed by atoms with Crippen molar-refractivity contribution in [2.75, 3.05) is 0 Å². The second-order valence-electron chi connectivity index (χ2n) is 7.55. The average Bonchev–Trinajstić information content (AvgIpc) is 2.81. The Balaban J connectivity index is 1.78. The summed E-state index contributed by atoms with van der Waals surface area (Å²) >= 11 is 6.85. The Morgan fingerprint density at radius 1 is 0.971 bits per heavy atom. The predicted molar refractivity (Wildman–Crippen MR) is 129 cm³/mol. The van der Waals surface area contributed by atoms with Crippen molar-refractivity contribution in [3.8, 4) is 11.5 Å². The molecule has 2 aromatic heterocycles. The van der Waals surface area contributed by atoms with Crippen LogP contribution in [0.25, 0.3) is 21.9 Å². The summed E-state index contributed by atoms with van der Waals surface area (Å²) < 4.78 is 20.2. The van der Waals surface area contributed by atoms with Crippen molar-refractivity contribution in [1.82, 2.24) is 4.57 Å². The van der Waals surface area contributed by atoms with Crippen molar-refractivity contribution in [2.24, 2.45) is 0 Å². The van der Waals surface area contributed by atoms with Crippen molar-refractivity contribution in [2.45, 2.75) is 16.3 Å². The summed E-state index contributed by atoms with van der Waals surface area (Å²) in [6.07, 6.45) is 0. The maximum Gasteiger partial charge on any atom is 0.354 e. The monoisotopic (exact) mass is 495 g/mol. The summed E-state index contributed by atoms with van der Waals surface area (Å²) in [5.74, 6) is -1.04.